The molecule has 21 heavy (non-hydrogen) atoms. The second-order valence-corrected chi connectivity index (χ2v) is 6.90. The van der Waals surface area contributed by atoms with Crippen LogP contribution in [0.5, 0.6) is 0 Å². The Balaban J connectivity index is 0.000000384. The third-order valence-electron chi connectivity index (χ3n) is 4.01. The summed E-state index contributed by atoms with van der Waals surface area (Å²) in [7, 11) is 0. The smallest absolute Gasteiger partial charge is 0.0175 e. The molecule has 0 N–H and O–H groups in total. The van der Waals surface area contributed by atoms with Gasteiger partial charge in [-0.05, 0) is 30.0 Å². The Bertz CT molecular complexity index is 307. The maximum Gasteiger partial charge on any atom is 0.0175 e. The van der Waals surface area contributed by atoms with E-state index in [4.69, 9.17) is 0 Å². The quantitative estimate of drug-likeness (QED) is 0.392. The van der Waals surface area contributed by atoms with Crippen LogP contribution in [0.3, 0.4) is 0 Å². The van der Waals surface area contributed by atoms with Gasteiger partial charge in [-0.2, -0.15) is 0 Å². The van der Waals surface area contributed by atoms with E-state index >= 15 is 0 Å². The highest BCUT2D eigenvalue weighted by molar-refractivity contribution is 9.10. The van der Waals surface area contributed by atoms with Crippen LogP contribution in [0.25, 0.3) is 0 Å². The van der Waals surface area contributed by atoms with Crippen molar-refractivity contribution in [2.45, 2.75) is 91.4 Å². The summed E-state index contributed by atoms with van der Waals surface area (Å²) in [5.41, 5.74) is 1.43. The lowest BCUT2D eigenvalue weighted by molar-refractivity contribution is 0.585. The molecule has 0 aliphatic heterocycles. The van der Waals surface area contributed by atoms with E-state index in [1.807, 2.05) is 0 Å². The molecule has 1 atom stereocenters. The molecule has 0 amide bonds. The molecule has 0 aliphatic rings. The van der Waals surface area contributed by atoms with Crippen molar-refractivity contribution in [1.82, 2.24) is 0 Å². The van der Waals surface area contributed by atoms with Crippen molar-refractivity contribution in [3.8, 4) is 0 Å². The molecule has 0 saturated heterocycles. The fourth-order valence-corrected chi connectivity index (χ4v) is 2.50. The lowest BCUT2D eigenvalue weighted by Crippen LogP contribution is -1.89. The summed E-state index contributed by atoms with van der Waals surface area (Å²) in [5.74, 6) is 0.683. The van der Waals surface area contributed by atoms with Crippen LogP contribution in [0.4, 0.5) is 0 Å². The van der Waals surface area contributed by atoms with Crippen molar-refractivity contribution >= 4 is 15.9 Å². The normalized spacial score (nSPS) is 11.7. The van der Waals surface area contributed by atoms with Crippen LogP contribution in [0, 0.1) is 0 Å². The monoisotopic (exact) mass is 354 g/mol. The first-order valence-electron chi connectivity index (χ1n) is 8.91. The van der Waals surface area contributed by atoms with Crippen LogP contribution < -0.4 is 0 Å². The van der Waals surface area contributed by atoms with Gasteiger partial charge in [0.1, 0.15) is 0 Å². The van der Waals surface area contributed by atoms with E-state index in [9.17, 15) is 0 Å². The number of unbranched alkanes of at least 4 members (excludes halogenated alkanes) is 7. The number of hydrogen-bond donors (Lipinski definition) is 0. The van der Waals surface area contributed by atoms with E-state index in [-0.39, 0.29) is 0 Å². The zero-order valence-corrected chi connectivity index (χ0v) is 16.2. The topological polar surface area (TPSA) is 0 Å². The third kappa shape index (κ3) is 12.0. The van der Waals surface area contributed by atoms with E-state index in [1.165, 1.54) is 63.4 Å². The summed E-state index contributed by atoms with van der Waals surface area (Å²) in [5, 5.41) is 0. The van der Waals surface area contributed by atoms with Crippen LogP contribution >= 0.6 is 15.9 Å². The van der Waals surface area contributed by atoms with Crippen molar-refractivity contribution in [2.75, 3.05) is 0 Å². The molecule has 1 aromatic rings. The standard InChI is InChI=1S/C10H13Br.C10H22/c1-3-8(2)9-4-6-10(11)7-5-9;1-3-5-7-9-10-8-6-4-2/h4-8H,3H2,1-2H3;3-10H2,1-2H3. The van der Waals surface area contributed by atoms with E-state index in [1.54, 1.807) is 0 Å². The summed E-state index contributed by atoms with van der Waals surface area (Å²) in [6, 6.07) is 8.56. The van der Waals surface area contributed by atoms with Crippen LogP contribution in [0.15, 0.2) is 28.7 Å². The van der Waals surface area contributed by atoms with Crippen molar-refractivity contribution in [3.05, 3.63) is 34.3 Å². The van der Waals surface area contributed by atoms with Crippen molar-refractivity contribution in [3.63, 3.8) is 0 Å². The average molecular weight is 355 g/mol. The Morgan fingerprint density at radius 3 is 1.57 bits per heavy atom. The summed E-state index contributed by atoms with van der Waals surface area (Å²) in [6.45, 7) is 9.01. The molecule has 0 saturated carbocycles. The minimum Gasteiger partial charge on any atom is -0.0654 e. The van der Waals surface area contributed by atoms with Crippen molar-refractivity contribution in [2.24, 2.45) is 0 Å². The van der Waals surface area contributed by atoms with Crippen LogP contribution in [0.1, 0.15) is 97.0 Å². The van der Waals surface area contributed by atoms with Crippen molar-refractivity contribution < 1.29 is 0 Å². The molecular formula is C20H35Br. The third-order valence-corrected chi connectivity index (χ3v) is 4.54. The second kappa shape index (κ2) is 14.6. The van der Waals surface area contributed by atoms with Gasteiger partial charge in [0, 0.05) is 4.47 Å². The summed E-state index contributed by atoms with van der Waals surface area (Å²) >= 11 is 3.42. The molecule has 1 heteroatoms. The van der Waals surface area contributed by atoms with Gasteiger partial charge in [-0.1, -0.05) is 107 Å². The maximum absolute atomic E-state index is 3.42. The Labute approximate surface area is 141 Å². The number of benzene rings is 1. The fraction of sp³-hybridized carbons (Fsp3) is 0.700. The predicted octanol–water partition coefficient (Wildman–Crippen LogP) is 8.11. The van der Waals surface area contributed by atoms with Crippen LogP contribution in [0.2, 0.25) is 0 Å². The molecule has 0 fully saturated rings. The van der Waals surface area contributed by atoms with Gasteiger partial charge in [-0.3, -0.25) is 0 Å². The molecule has 0 bridgehead atoms. The van der Waals surface area contributed by atoms with Gasteiger partial charge >= 0.3 is 0 Å². The molecular weight excluding hydrogens is 320 g/mol. The number of halogens is 1. The first-order valence-corrected chi connectivity index (χ1v) is 9.70. The summed E-state index contributed by atoms with van der Waals surface area (Å²) < 4.78 is 1.16. The van der Waals surface area contributed by atoms with E-state index in [0.29, 0.717) is 5.92 Å². The number of rotatable bonds is 9. The Kier molecular flexibility index (Phi) is 14.4. The SMILES string of the molecule is CCC(C)c1ccc(Br)cc1.CCCCCCCCCC. The molecule has 0 aliphatic carbocycles. The highest BCUT2D eigenvalue weighted by atomic mass is 79.9. The Morgan fingerprint density at radius 2 is 1.19 bits per heavy atom. The Hall–Kier alpha value is -0.300. The molecule has 0 nitrogen and oxygen atoms in total. The highest BCUT2D eigenvalue weighted by Gasteiger charge is 2.00. The fourth-order valence-electron chi connectivity index (χ4n) is 2.23. The average Bonchev–Trinajstić information content (AvgIpc) is 2.51. The zero-order valence-electron chi connectivity index (χ0n) is 14.6. The van der Waals surface area contributed by atoms with Crippen LogP contribution in [-0.2, 0) is 0 Å². The first kappa shape index (κ1) is 20.7. The lowest BCUT2D eigenvalue weighted by atomic mass is 9.99. The van der Waals surface area contributed by atoms with Gasteiger partial charge in [0.05, 0.1) is 0 Å². The summed E-state index contributed by atoms with van der Waals surface area (Å²) in [6.07, 6.45) is 12.7. The molecule has 0 aromatic heterocycles. The lowest BCUT2D eigenvalue weighted by Gasteiger charge is -2.07. The Morgan fingerprint density at radius 1 is 0.762 bits per heavy atom. The van der Waals surface area contributed by atoms with E-state index in [0.717, 1.165) is 4.47 Å². The summed E-state index contributed by atoms with van der Waals surface area (Å²) in [4.78, 5) is 0. The van der Waals surface area contributed by atoms with Gasteiger partial charge in [0.25, 0.3) is 0 Å². The van der Waals surface area contributed by atoms with E-state index in [2.05, 4.69) is 67.9 Å². The van der Waals surface area contributed by atoms with Gasteiger partial charge in [-0.15, -0.1) is 0 Å². The highest BCUT2D eigenvalue weighted by Crippen LogP contribution is 2.20. The van der Waals surface area contributed by atoms with Crippen molar-refractivity contribution in [1.29, 1.82) is 0 Å². The van der Waals surface area contributed by atoms with Gasteiger partial charge in [0.2, 0.25) is 0 Å². The molecule has 1 rings (SSSR count). The zero-order chi connectivity index (χ0) is 15.9. The molecule has 1 aromatic carbocycles. The van der Waals surface area contributed by atoms with Gasteiger partial charge in [0.15, 0.2) is 0 Å². The molecule has 1 unspecified atom stereocenters. The van der Waals surface area contributed by atoms with E-state index < -0.39 is 0 Å². The minimum atomic E-state index is 0.683. The molecule has 122 valence electrons. The molecule has 0 radical (unpaired) electrons. The largest absolute Gasteiger partial charge is 0.0654 e. The second-order valence-electron chi connectivity index (χ2n) is 5.98. The molecule has 0 spiro atoms. The van der Waals surface area contributed by atoms with Gasteiger partial charge < -0.3 is 0 Å². The van der Waals surface area contributed by atoms with Gasteiger partial charge in [-0.25, -0.2) is 0 Å². The first-order chi connectivity index (χ1) is 10.2. The maximum atomic E-state index is 3.42. The number of hydrogen-bond acceptors (Lipinski definition) is 0. The van der Waals surface area contributed by atoms with Crippen LogP contribution in [-0.4, -0.2) is 0 Å². The predicted molar refractivity (Wildman–Crippen MR) is 101 cm³/mol. The minimum absolute atomic E-state index is 0.683. The molecule has 0 heterocycles.